The van der Waals surface area contributed by atoms with Gasteiger partial charge in [0.05, 0.1) is 10.7 Å². The van der Waals surface area contributed by atoms with Crippen molar-refractivity contribution in [1.82, 2.24) is 4.90 Å². The van der Waals surface area contributed by atoms with Crippen LogP contribution in [0.25, 0.3) is 0 Å². The van der Waals surface area contributed by atoms with Gasteiger partial charge >= 0.3 is 0 Å². The molecule has 2 aromatic carbocycles. The highest BCUT2D eigenvalue weighted by Crippen LogP contribution is 2.29. The first kappa shape index (κ1) is 16.3. The van der Waals surface area contributed by atoms with Crippen LogP contribution in [0.5, 0.6) is 0 Å². The zero-order valence-corrected chi connectivity index (χ0v) is 15.0. The average molecular weight is 345 g/mol. The number of thiocarbonyl (C=S) groups is 1. The fourth-order valence-corrected chi connectivity index (χ4v) is 3.53. The predicted molar refractivity (Wildman–Crippen MR) is 103 cm³/mol. The highest BCUT2D eigenvalue weighted by Gasteiger charge is 2.25. The molecule has 120 valence electrons. The zero-order valence-electron chi connectivity index (χ0n) is 13.5. The van der Waals surface area contributed by atoms with E-state index in [0.717, 1.165) is 35.9 Å². The van der Waals surface area contributed by atoms with Crippen molar-refractivity contribution in [3.8, 4) is 0 Å². The topological polar surface area (TPSA) is 15.3 Å². The van der Waals surface area contributed by atoms with Gasteiger partial charge in [-0.15, -0.1) is 0 Å². The van der Waals surface area contributed by atoms with Gasteiger partial charge < -0.3 is 10.2 Å². The molecule has 23 heavy (non-hydrogen) atoms. The first-order valence-electron chi connectivity index (χ1n) is 7.91. The third-order valence-electron chi connectivity index (χ3n) is 4.39. The van der Waals surface area contributed by atoms with Crippen LogP contribution in [0.15, 0.2) is 42.5 Å². The molecule has 0 amide bonds. The van der Waals surface area contributed by atoms with Gasteiger partial charge in [0.1, 0.15) is 0 Å². The van der Waals surface area contributed by atoms with Crippen molar-refractivity contribution in [2.45, 2.75) is 26.2 Å². The van der Waals surface area contributed by atoms with Crippen molar-refractivity contribution < 1.29 is 0 Å². The number of halogens is 1. The van der Waals surface area contributed by atoms with Gasteiger partial charge in [-0.05, 0) is 55.7 Å². The van der Waals surface area contributed by atoms with Crippen molar-refractivity contribution in [3.63, 3.8) is 0 Å². The van der Waals surface area contributed by atoms with E-state index in [1.54, 1.807) is 0 Å². The van der Waals surface area contributed by atoms with E-state index in [4.69, 9.17) is 23.8 Å². The lowest BCUT2D eigenvalue weighted by molar-refractivity contribution is 0.518. The Morgan fingerprint density at radius 2 is 1.83 bits per heavy atom. The summed E-state index contributed by atoms with van der Waals surface area (Å²) >= 11 is 11.8. The minimum Gasteiger partial charge on any atom is -0.348 e. The molecule has 1 aliphatic rings. The van der Waals surface area contributed by atoms with Gasteiger partial charge in [0.25, 0.3) is 0 Å². The van der Waals surface area contributed by atoms with Gasteiger partial charge in [0, 0.05) is 19.0 Å². The van der Waals surface area contributed by atoms with E-state index in [1.807, 2.05) is 25.1 Å². The predicted octanol–water partition coefficient (Wildman–Crippen LogP) is 5.14. The third kappa shape index (κ3) is 3.85. The average Bonchev–Trinajstić information content (AvgIpc) is 3.01. The number of hydrogen-bond donors (Lipinski definition) is 1. The molecule has 0 bridgehead atoms. The van der Waals surface area contributed by atoms with Gasteiger partial charge in [-0.25, -0.2) is 0 Å². The van der Waals surface area contributed by atoms with Crippen LogP contribution >= 0.6 is 23.8 Å². The van der Waals surface area contributed by atoms with Crippen LogP contribution in [-0.2, 0) is 0 Å². The number of benzene rings is 2. The molecule has 0 aromatic heterocycles. The molecule has 1 fully saturated rings. The van der Waals surface area contributed by atoms with Gasteiger partial charge in [-0.3, -0.25) is 0 Å². The molecular weight excluding hydrogens is 324 g/mol. The molecule has 3 rings (SSSR count). The number of likely N-dealkylation sites (tertiary alicyclic amines) is 1. The van der Waals surface area contributed by atoms with Crippen LogP contribution in [0.4, 0.5) is 5.69 Å². The summed E-state index contributed by atoms with van der Waals surface area (Å²) in [6.07, 6.45) is 1.13. The van der Waals surface area contributed by atoms with Crippen LogP contribution in [0, 0.1) is 13.8 Å². The largest absolute Gasteiger partial charge is 0.348 e. The standard InChI is InChI=1S/C19H21ClN2S/c1-13-3-6-15(7-4-13)16-9-10-22(12-16)19(23)21-18-8-5-14(2)11-17(18)20/h3-8,11,16H,9-10,12H2,1-2H3,(H,21,23)/t16-/m1/s1. The van der Waals surface area contributed by atoms with Crippen LogP contribution in [0.2, 0.25) is 5.02 Å². The molecule has 0 aliphatic carbocycles. The molecule has 1 heterocycles. The summed E-state index contributed by atoms with van der Waals surface area (Å²) in [4.78, 5) is 2.23. The maximum atomic E-state index is 6.28. The van der Waals surface area contributed by atoms with Crippen LogP contribution in [-0.4, -0.2) is 23.1 Å². The maximum Gasteiger partial charge on any atom is 0.173 e. The quantitative estimate of drug-likeness (QED) is 0.759. The van der Waals surface area contributed by atoms with Crippen molar-refractivity contribution in [1.29, 1.82) is 0 Å². The minimum atomic E-state index is 0.545. The highest BCUT2D eigenvalue weighted by molar-refractivity contribution is 7.80. The first-order chi connectivity index (χ1) is 11.0. The Bertz CT molecular complexity index is 712. The summed E-state index contributed by atoms with van der Waals surface area (Å²) in [6.45, 7) is 6.09. The number of hydrogen-bond acceptors (Lipinski definition) is 1. The van der Waals surface area contributed by atoms with Gasteiger partial charge in [-0.2, -0.15) is 0 Å². The second-order valence-electron chi connectivity index (χ2n) is 6.26. The smallest absolute Gasteiger partial charge is 0.173 e. The Morgan fingerprint density at radius 3 is 2.52 bits per heavy atom. The normalized spacial score (nSPS) is 17.3. The summed E-state index contributed by atoms with van der Waals surface area (Å²) in [5.74, 6) is 0.545. The molecule has 1 aliphatic heterocycles. The molecule has 0 radical (unpaired) electrons. The minimum absolute atomic E-state index is 0.545. The summed E-state index contributed by atoms with van der Waals surface area (Å²) in [7, 11) is 0. The molecule has 0 saturated carbocycles. The van der Waals surface area contributed by atoms with Crippen molar-refractivity contribution in [2.75, 3.05) is 18.4 Å². The molecule has 0 spiro atoms. The van der Waals surface area contributed by atoms with Gasteiger partial charge in [0.15, 0.2) is 5.11 Å². The highest BCUT2D eigenvalue weighted by atomic mass is 35.5. The SMILES string of the molecule is Cc1ccc([C@@H]2CCN(C(=S)Nc3ccc(C)cc3Cl)C2)cc1. The van der Waals surface area contributed by atoms with Gasteiger partial charge in [0.2, 0.25) is 0 Å². The van der Waals surface area contributed by atoms with E-state index in [2.05, 4.69) is 41.4 Å². The zero-order chi connectivity index (χ0) is 16.4. The van der Waals surface area contributed by atoms with Crippen LogP contribution < -0.4 is 5.32 Å². The van der Waals surface area contributed by atoms with Crippen LogP contribution in [0.3, 0.4) is 0 Å². The molecule has 1 saturated heterocycles. The van der Waals surface area contributed by atoms with E-state index < -0.39 is 0 Å². The fourth-order valence-electron chi connectivity index (χ4n) is 2.97. The molecule has 0 unspecified atom stereocenters. The Hall–Kier alpha value is -1.58. The lowest BCUT2D eigenvalue weighted by Crippen LogP contribution is -2.32. The first-order valence-corrected chi connectivity index (χ1v) is 8.70. The van der Waals surface area contributed by atoms with Crippen molar-refractivity contribution >= 4 is 34.6 Å². The number of nitrogens with zero attached hydrogens (tertiary/aromatic N) is 1. The summed E-state index contributed by atoms with van der Waals surface area (Å²) in [6, 6.07) is 14.8. The van der Waals surface area contributed by atoms with E-state index in [-0.39, 0.29) is 0 Å². The second kappa shape index (κ2) is 6.90. The lowest BCUT2D eigenvalue weighted by Gasteiger charge is -2.21. The summed E-state index contributed by atoms with van der Waals surface area (Å²) in [5.41, 5.74) is 4.72. The van der Waals surface area contributed by atoms with Crippen LogP contribution in [0.1, 0.15) is 29.0 Å². The molecule has 1 N–H and O–H groups in total. The number of nitrogens with one attached hydrogen (secondary N) is 1. The Labute approximate surface area is 148 Å². The summed E-state index contributed by atoms with van der Waals surface area (Å²) in [5, 5.41) is 4.75. The Balaban J connectivity index is 1.64. The number of rotatable bonds is 2. The van der Waals surface area contributed by atoms with E-state index in [0.29, 0.717) is 10.9 Å². The summed E-state index contributed by atoms with van der Waals surface area (Å²) < 4.78 is 0. The Kier molecular flexibility index (Phi) is 4.88. The Morgan fingerprint density at radius 1 is 1.13 bits per heavy atom. The van der Waals surface area contributed by atoms with E-state index in [1.165, 1.54) is 11.1 Å². The molecule has 4 heteroatoms. The fraction of sp³-hybridized carbons (Fsp3) is 0.316. The van der Waals surface area contributed by atoms with Crippen molar-refractivity contribution in [2.24, 2.45) is 0 Å². The van der Waals surface area contributed by atoms with E-state index in [9.17, 15) is 0 Å². The molecular formula is C19H21ClN2S. The van der Waals surface area contributed by atoms with Gasteiger partial charge in [-0.1, -0.05) is 47.5 Å². The van der Waals surface area contributed by atoms with Crippen molar-refractivity contribution in [3.05, 3.63) is 64.2 Å². The molecule has 1 atom stereocenters. The molecule has 2 aromatic rings. The van der Waals surface area contributed by atoms with E-state index >= 15 is 0 Å². The maximum absolute atomic E-state index is 6.28. The monoisotopic (exact) mass is 344 g/mol. The number of aryl methyl sites for hydroxylation is 2. The molecule has 2 nitrogen and oxygen atoms in total. The lowest BCUT2D eigenvalue weighted by atomic mass is 9.98. The third-order valence-corrected chi connectivity index (χ3v) is 5.06. The number of anilines is 1. The second-order valence-corrected chi connectivity index (χ2v) is 7.05.